The van der Waals surface area contributed by atoms with E-state index in [9.17, 15) is 4.79 Å². The van der Waals surface area contributed by atoms with E-state index in [1.54, 1.807) is 0 Å². The molecule has 1 saturated carbocycles. The first kappa shape index (κ1) is 11.2. The minimum atomic E-state index is 0.0561. The first-order chi connectivity index (χ1) is 6.75. The van der Waals surface area contributed by atoms with Crippen molar-refractivity contribution in [2.24, 2.45) is 11.7 Å². The fourth-order valence-electron chi connectivity index (χ4n) is 1.89. The van der Waals surface area contributed by atoms with Crippen LogP contribution in [0.15, 0.2) is 12.2 Å². The maximum atomic E-state index is 11.6. The van der Waals surface area contributed by atoms with Crippen LogP contribution >= 0.6 is 0 Å². The summed E-state index contributed by atoms with van der Waals surface area (Å²) in [5, 5.41) is 2.92. The van der Waals surface area contributed by atoms with Crippen molar-refractivity contribution >= 4 is 5.91 Å². The van der Waals surface area contributed by atoms with Gasteiger partial charge in [0.25, 0.3) is 0 Å². The van der Waals surface area contributed by atoms with Gasteiger partial charge < -0.3 is 11.1 Å². The highest BCUT2D eigenvalue weighted by Crippen LogP contribution is 2.23. The zero-order valence-corrected chi connectivity index (χ0v) is 8.83. The van der Waals surface area contributed by atoms with E-state index < -0.39 is 0 Å². The lowest BCUT2D eigenvalue weighted by Crippen LogP contribution is -2.38. The van der Waals surface area contributed by atoms with Crippen molar-refractivity contribution in [1.82, 2.24) is 5.32 Å². The highest BCUT2D eigenvalue weighted by atomic mass is 16.1. The molecule has 3 N–H and O–H groups in total. The SMILES string of the molecule is C/C=C/CCNC(=O)C1CCCC1N. The number of amides is 1. The van der Waals surface area contributed by atoms with E-state index in [1.165, 1.54) is 0 Å². The van der Waals surface area contributed by atoms with Crippen LogP contribution < -0.4 is 11.1 Å². The molecule has 0 spiro atoms. The number of nitrogens with two attached hydrogens (primary N) is 1. The molecular weight excluding hydrogens is 176 g/mol. The molecule has 3 nitrogen and oxygen atoms in total. The summed E-state index contributed by atoms with van der Waals surface area (Å²) in [6.07, 6.45) is 7.99. The van der Waals surface area contributed by atoms with Crippen molar-refractivity contribution < 1.29 is 4.79 Å². The molecule has 0 aromatic rings. The highest BCUT2D eigenvalue weighted by Gasteiger charge is 2.29. The summed E-state index contributed by atoms with van der Waals surface area (Å²) in [5.41, 5.74) is 5.84. The Hall–Kier alpha value is -0.830. The van der Waals surface area contributed by atoms with Gasteiger partial charge in [0.2, 0.25) is 5.91 Å². The van der Waals surface area contributed by atoms with Gasteiger partial charge in [-0.25, -0.2) is 0 Å². The van der Waals surface area contributed by atoms with E-state index in [0.29, 0.717) is 0 Å². The Morgan fingerprint density at radius 3 is 2.93 bits per heavy atom. The molecule has 14 heavy (non-hydrogen) atoms. The summed E-state index contributed by atoms with van der Waals surface area (Å²) in [6, 6.07) is 0.0803. The van der Waals surface area contributed by atoms with Crippen LogP contribution in [0.25, 0.3) is 0 Å². The molecule has 0 aromatic carbocycles. The second-order valence-electron chi connectivity index (χ2n) is 3.85. The second-order valence-corrected chi connectivity index (χ2v) is 3.85. The molecular formula is C11H20N2O. The average Bonchev–Trinajstić information content (AvgIpc) is 2.59. The van der Waals surface area contributed by atoms with E-state index in [1.807, 2.05) is 13.0 Å². The van der Waals surface area contributed by atoms with Crippen LogP contribution in [0.1, 0.15) is 32.6 Å². The summed E-state index contributed by atoms with van der Waals surface area (Å²) in [6.45, 7) is 2.71. The van der Waals surface area contributed by atoms with Crippen LogP contribution in [0, 0.1) is 5.92 Å². The van der Waals surface area contributed by atoms with E-state index in [0.717, 1.165) is 32.2 Å². The molecule has 80 valence electrons. The first-order valence-electron chi connectivity index (χ1n) is 5.40. The fraction of sp³-hybridized carbons (Fsp3) is 0.727. The Kier molecular flexibility index (Phi) is 4.66. The average molecular weight is 196 g/mol. The van der Waals surface area contributed by atoms with Crippen LogP contribution in [0.4, 0.5) is 0 Å². The lowest BCUT2D eigenvalue weighted by Gasteiger charge is -2.14. The summed E-state index contributed by atoms with van der Waals surface area (Å²) in [5.74, 6) is 0.195. The molecule has 1 aliphatic rings. The van der Waals surface area contributed by atoms with Crippen LogP contribution in [-0.2, 0) is 4.79 Å². The molecule has 1 amide bonds. The maximum absolute atomic E-state index is 11.6. The standard InChI is InChI=1S/C11H20N2O/c1-2-3-4-8-13-11(14)9-6-5-7-10(9)12/h2-3,9-10H,4-8,12H2,1H3,(H,13,14)/b3-2+. The zero-order chi connectivity index (χ0) is 10.4. The second kappa shape index (κ2) is 5.81. The lowest BCUT2D eigenvalue weighted by atomic mass is 10.0. The van der Waals surface area contributed by atoms with Crippen molar-refractivity contribution in [3.8, 4) is 0 Å². The highest BCUT2D eigenvalue weighted by molar-refractivity contribution is 5.79. The Balaban J connectivity index is 2.20. The van der Waals surface area contributed by atoms with Gasteiger partial charge in [0, 0.05) is 12.6 Å². The van der Waals surface area contributed by atoms with E-state index in [2.05, 4.69) is 11.4 Å². The molecule has 0 aliphatic heterocycles. The van der Waals surface area contributed by atoms with Crippen LogP contribution in [-0.4, -0.2) is 18.5 Å². The first-order valence-corrected chi connectivity index (χ1v) is 5.40. The molecule has 1 fully saturated rings. The van der Waals surface area contributed by atoms with Gasteiger partial charge in [-0.1, -0.05) is 18.6 Å². The molecule has 2 unspecified atom stereocenters. The van der Waals surface area contributed by atoms with Gasteiger partial charge in [0.15, 0.2) is 0 Å². The lowest BCUT2D eigenvalue weighted by molar-refractivity contribution is -0.125. The van der Waals surface area contributed by atoms with E-state index in [4.69, 9.17) is 5.73 Å². The van der Waals surface area contributed by atoms with Crippen LogP contribution in [0.2, 0.25) is 0 Å². The van der Waals surface area contributed by atoms with E-state index in [-0.39, 0.29) is 17.9 Å². The summed E-state index contributed by atoms with van der Waals surface area (Å²) in [4.78, 5) is 11.6. The number of hydrogen-bond acceptors (Lipinski definition) is 2. The van der Waals surface area contributed by atoms with Crippen molar-refractivity contribution in [1.29, 1.82) is 0 Å². The summed E-state index contributed by atoms with van der Waals surface area (Å²) >= 11 is 0. The Bertz CT molecular complexity index is 213. The minimum absolute atomic E-state index is 0.0561. The molecule has 0 aromatic heterocycles. The molecule has 2 atom stereocenters. The van der Waals surface area contributed by atoms with Crippen molar-refractivity contribution in [2.45, 2.75) is 38.6 Å². The molecule has 0 radical (unpaired) electrons. The molecule has 3 heteroatoms. The number of allylic oxidation sites excluding steroid dienone is 1. The minimum Gasteiger partial charge on any atom is -0.356 e. The van der Waals surface area contributed by atoms with Gasteiger partial charge in [-0.2, -0.15) is 0 Å². The monoisotopic (exact) mass is 196 g/mol. The predicted octanol–water partition coefficient (Wildman–Crippen LogP) is 1.20. The quantitative estimate of drug-likeness (QED) is 0.524. The third kappa shape index (κ3) is 3.14. The molecule has 0 heterocycles. The number of carbonyl (C=O) groups excluding carboxylic acids is 1. The molecule has 0 saturated heterocycles. The molecule has 1 aliphatic carbocycles. The van der Waals surface area contributed by atoms with Crippen LogP contribution in [0.5, 0.6) is 0 Å². The van der Waals surface area contributed by atoms with E-state index >= 15 is 0 Å². The van der Waals surface area contributed by atoms with Gasteiger partial charge in [0.05, 0.1) is 5.92 Å². The Morgan fingerprint density at radius 2 is 2.36 bits per heavy atom. The predicted molar refractivity (Wildman–Crippen MR) is 57.8 cm³/mol. The number of rotatable bonds is 4. The van der Waals surface area contributed by atoms with Gasteiger partial charge >= 0.3 is 0 Å². The Labute approximate surface area is 85.7 Å². The number of nitrogens with one attached hydrogen (secondary N) is 1. The molecule has 1 rings (SSSR count). The van der Waals surface area contributed by atoms with Gasteiger partial charge in [0.1, 0.15) is 0 Å². The third-order valence-corrected chi connectivity index (χ3v) is 2.75. The van der Waals surface area contributed by atoms with Gasteiger partial charge in [-0.15, -0.1) is 0 Å². The van der Waals surface area contributed by atoms with Crippen molar-refractivity contribution in [2.75, 3.05) is 6.54 Å². The fourth-order valence-corrected chi connectivity index (χ4v) is 1.89. The van der Waals surface area contributed by atoms with Crippen molar-refractivity contribution in [3.63, 3.8) is 0 Å². The van der Waals surface area contributed by atoms with Crippen LogP contribution in [0.3, 0.4) is 0 Å². The topological polar surface area (TPSA) is 55.1 Å². The van der Waals surface area contributed by atoms with Gasteiger partial charge in [-0.05, 0) is 26.2 Å². The van der Waals surface area contributed by atoms with Crippen molar-refractivity contribution in [3.05, 3.63) is 12.2 Å². The smallest absolute Gasteiger partial charge is 0.224 e. The summed E-state index contributed by atoms with van der Waals surface area (Å²) < 4.78 is 0. The number of hydrogen-bond donors (Lipinski definition) is 2. The number of carbonyl (C=O) groups is 1. The third-order valence-electron chi connectivity index (χ3n) is 2.75. The molecule has 0 bridgehead atoms. The normalized spacial score (nSPS) is 27.0. The maximum Gasteiger partial charge on any atom is 0.224 e. The summed E-state index contributed by atoms with van der Waals surface area (Å²) in [7, 11) is 0. The zero-order valence-electron chi connectivity index (χ0n) is 8.83. The largest absolute Gasteiger partial charge is 0.356 e. The Morgan fingerprint density at radius 1 is 1.57 bits per heavy atom. The van der Waals surface area contributed by atoms with Gasteiger partial charge in [-0.3, -0.25) is 4.79 Å².